The number of nitrogens with zero attached hydrogens (tertiary/aromatic N) is 2. The van der Waals surface area contributed by atoms with E-state index in [4.69, 9.17) is 10.5 Å². The van der Waals surface area contributed by atoms with Crippen molar-refractivity contribution in [2.75, 3.05) is 13.2 Å². The van der Waals surface area contributed by atoms with Gasteiger partial charge in [-0.1, -0.05) is 0 Å². The Morgan fingerprint density at radius 2 is 2.36 bits per heavy atom. The molecule has 0 saturated carbocycles. The lowest BCUT2D eigenvalue weighted by molar-refractivity contribution is 0.140. The molecule has 0 aliphatic heterocycles. The maximum atomic E-state index is 5.56. The number of hydrogen-bond donors (Lipinski definition) is 1. The van der Waals surface area contributed by atoms with Gasteiger partial charge in [0.2, 0.25) is 0 Å². The quantitative estimate of drug-likeness (QED) is 0.694. The van der Waals surface area contributed by atoms with E-state index in [2.05, 4.69) is 12.0 Å². The summed E-state index contributed by atoms with van der Waals surface area (Å²) in [5, 5.41) is 4.27. The van der Waals surface area contributed by atoms with E-state index in [1.165, 1.54) is 5.69 Å². The summed E-state index contributed by atoms with van der Waals surface area (Å²) in [6.07, 6.45) is 2.84. The smallest absolute Gasteiger partial charge is 0.0537 e. The Labute approximate surface area is 85.0 Å². The second kappa shape index (κ2) is 5.78. The van der Waals surface area contributed by atoms with Crippen molar-refractivity contribution in [1.82, 2.24) is 9.78 Å². The van der Waals surface area contributed by atoms with Gasteiger partial charge in [-0.2, -0.15) is 5.10 Å². The van der Waals surface area contributed by atoms with Crippen molar-refractivity contribution in [3.63, 3.8) is 0 Å². The zero-order chi connectivity index (χ0) is 10.4. The number of ether oxygens (including phenoxy) is 1. The Balaban J connectivity index is 2.39. The molecule has 4 nitrogen and oxygen atoms in total. The Bertz CT molecular complexity index is 270. The molecule has 0 atom stereocenters. The van der Waals surface area contributed by atoms with Crippen LogP contribution >= 0.6 is 0 Å². The van der Waals surface area contributed by atoms with Crippen LogP contribution in [-0.4, -0.2) is 23.0 Å². The van der Waals surface area contributed by atoms with E-state index in [-0.39, 0.29) is 0 Å². The molecule has 1 rings (SSSR count). The van der Waals surface area contributed by atoms with Crippen LogP contribution in [0.15, 0.2) is 6.20 Å². The molecule has 80 valence electrons. The second-order valence-electron chi connectivity index (χ2n) is 3.23. The fourth-order valence-electron chi connectivity index (χ4n) is 1.37. The zero-order valence-electron chi connectivity index (χ0n) is 8.99. The summed E-state index contributed by atoms with van der Waals surface area (Å²) in [5.74, 6) is 0. The molecule has 0 radical (unpaired) electrons. The average Bonchev–Trinajstić information content (AvgIpc) is 2.55. The van der Waals surface area contributed by atoms with E-state index in [0.717, 1.165) is 31.7 Å². The van der Waals surface area contributed by atoms with Gasteiger partial charge in [0.15, 0.2) is 0 Å². The normalized spacial score (nSPS) is 10.8. The topological polar surface area (TPSA) is 53.1 Å². The fourth-order valence-corrected chi connectivity index (χ4v) is 1.37. The highest BCUT2D eigenvalue weighted by Gasteiger charge is 2.03. The maximum absolute atomic E-state index is 5.56. The van der Waals surface area contributed by atoms with E-state index in [0.29, 0.717) is 6.54 Å². The molecule has 2 N–H and O–H groups in total. The van der Waals surface area contributed by atoms with Crippen LogP contribution in [-0.2, 0) is 17.8 Å². The Morgan fingerprint density at radius 3 is 2.93 bits per heavy atom. The van der Waals surface area contributed by atoms with E-state index in [1.807, 2.05) is 17.8 Å². The molecule has 0 fully saturated rings. The van der Waals surface area contributed by atoms with E-state index in [1.54, 1.807) is 0 Å². The second-order valence-corrected chi connectivity index (χ2v) is 3.23. The maximum Gasteiger partial charge on any atom is 0.0537 e. The molecule has 0 aliphatic carbocycles. The first-order chi connectivity index (χ1) is 6.79. The minimum atomic E-state index is 0.567. The van der Waals surface area contributed by atoms with Crippen molar-refractivity contribution >= 4 is 0 Å². The first kappa shape index (κ1) is 11.2. The van der Waals surface area contributed by atoms with Gasteiger partial charge in [0.05, 0.1) is 6.20 Å². The van der Waals surface area contributed by atoms with Gasteiger partial charge in [0.1, 0.15) is 0 Å². The Kier molecular flexibility index (Phi) is 4.62. The molecule has 1 aromatic heterocycles. The third-order valence-corrected chi connectivity index (χ3v) is 2.29. The van der Waals surface area contributed by atoms with E-state index < -0.39 is 0 Å². The number of hydrogen-bond acceptors (Lipinski definition) is 3. The summed E-state index contributed by atoms with van der Waals surface area (Å²) in [4.78, 5) is 0. The Morgan fingerprint density at radius 1 is 1.57 bits per heavy atom. The third-order valence-electron chi connectivity index (χ3n) is 2.29. The van der Waals surface area contributed by atoms with Crippen LogP contribution in [0.2, 0.25) is 0 Å². The lowest BCUT2D eigenvalue weighted by Gasteiger charge is -2.05. The van der Waals surface area contributed by atoms with E-state index >= 15 is 0 Å². The van der Waals surface area contributed by atoms with Crippen molar-refractivity contribution in [1.29, 1.82) is 0 Å². The van der Waals surface area contributed by atoms with Crippen LogP contribution in [0, 0.1) is 6.92 Å². The molecule has 0 aromatic carbocycles. The summed E-state index contributed by atoms with van der Waals surface area (Å²) < 4.78 is 7.25. The number of nitrogens with two attached hydrogens (primary N) is 1. The standard InChI is InChI=1S/C10H19N3O/c1-3-14-6-4-5-13-9(2)10(7-11)8-12-13/h8H,3-7,11H2,1-2H3. The first-order valence-electron chi connectivity index (χ1n) is 5.08. The van der Waals surface area contributed by atoms with E-state index in [9.17, 15) is 0 Å². The van der Waals surface area contributed by atoms with Crippen LogP contribution in [0.4, 0.5) is 0 Å². The van der Waals surface area contributed by atoms with Crippen LogP contribution in [0.5, 0.6) is 0 Å². The summed E-state index contributed by atoms with van der Waals surface area (Å²) in [7, 11) is 0. The van der Waals surface area contributed by atoms with Gasteiger partial charge in [0, 0.05) is 37.6 Å². The predicted molar refractivity (Wildman–Crippen MR) is 56.0 cm³/mol. The summed E-state index contributed by atoms with van der Waals surface area (Å²) in [6.45, 7) is 7.12. The van der Waals surface area contributed by atoms with Gasteiger partial charge in [-0.3, -0.25) is 4.68 Å². The predicted octanol–water partition coefficient (Wildman–Crippen LogP) is 1.08. The summed E-state index contributed by atoms with van der Waals surface area (Å²) >= 11 is 0. The third kappa shape index (κ3) is 2.82. The summed E-state index contributed by atoms with van der Waals surface area (Å²) in [6, 6.07) is 0. The van der Waals surface area contributed by atoms with Gasteiger partial charge in [-0.05, 0) is 20.3 Å². The van der Waals surface area contributed by atoms with Crippen LogP contribution in [0.3, 0.4) is 0 Å². The molecule has 1 heterocycles. The SMILES string of the molecule is CCOCCCn1ncc(CN)c1C. The minimum Gasteiger partial charge on any atom is -0.382 e. The molecular weight excluding hydrogens is 178 g/mol. The number of rotatable bonds is 6. The number of aromatic nitrogens is 2. The van der Waals surface area contributed by atoms with Gasteiger partial charge in [-0.15, -0.1) is 0 Å². The van der Waals surface area contributed by atoms with Crippen molar-refractivity contribution < 1.29 is 4.74 Å². The molecule has 0 saturated heterocycles. The van der Waals surface area contributed by atoms with Crippen molar-refractivity contribution in [3.05, 3.63) is 17.5 Å². The van der Waals surface area contributed by atoms with Crippen LogP contribution in [0.25, 0.3) is 0 Å². The van der Waals surface area contributed by atoms with Gasteiger partial charge in [-0.25, -0.2) is 0 Å². The Hall–Kier alpha value is -0.870. The molecule has 0 amide bonds. The summed E-state index contributed by atoms with van der Waals surface area (Å²) in [5.41, 5.74) is 7.86. The highest BCUT2D eigenvalue weighted by molar-refractivity contribution is 5.15. The molecular formula is C10H19N3O. The van der Waals surface area contributed by atoms with Gasteiger partial charge < -0.3 is 10.5 Å². The number of aryl methyl sites for hydroxylation is 1. The van der Waals surface area contributed by atoms with Gasteiger partial charge >= 0.3 is 0 Å². The molecule has 0 aliphatic rings. The van der Waals surface area contributed by atoms with Crippen LogP contribution < -0.4 is 5.73 Å². The lowest BCUT2D eigenvalue weighted by Crippen LogP contribution is -2.07. The largest absolute Gasteiger partial charge is 0.382 e. The molecule has 0 bridgehead atoms. The molecule has 14 heavy (non-hydrogen) atoms. The van der Waals surface area contributed by atoms with Crippen molar-refractivity contribution in [3.8, 4) is 0 Å². The van der Waals surface area contributed by atoms with Crippen molar-refractivity contribution in [2.24, 2.45) is 5.73 Å². The average molecular weight is 197 g/mol. The molecule has 0 unspecified atom stereocenters. The highest BCUT2D eigenvalue weighted by atomic mass is 16.5. The minimum absolute atomic E-state index is 0.567. The van der Waals surface area contributed by atoms with Crippen molar-refractivity contribution in [2.45, 2.75) is 33.4 Å². The lowest BCUT2D eigenvalue weighted by atomic mass is 10.2. The highest BCUT2D eigenvalue weighted by Crippen LogP contribution is 2.06. The fraction of sp³-hybridized carbons (Fsp3) is 0.700. The first-order valence-corrected chi connectivity index (χ1v) is 5.08. The molecule has 4 heteroatoms. The molecule has 0 spiro atoms. The van der Waals surface area contributed by atoms with Crippen LogP contribution in [0.1, 0.15) is 24.6 Å². The zero-order valence-corrected chi connectivity index (χ0v) is 8.99. The monoisotopic (exact) mass is 197 g/mol. The van der Waals surface area contributed by atoms with Gasteiger partial charge in [0.25, 0.3) is 0 Å². The molecule has 1 aromatic rings.